The number of halogens is 2. The van der Waals surface area contributed by atoms with Crippen molar-refractivity contribution in [2.75, 3.05) is 0 Å². The number of aromatic nitrogens is 2. The number of hydrogen-bond donors (Lipinski definition) is 3. The predicted molar refractivity (Wildman–Crippen MR) is 89.2 cm³/mol. The molecule has 138 valence electrons. The van der Waals surface area contributed by atoms with Crippen LogP contribution in [-0.4, -0.2) is 28.1 Å². The second-order valence-electron chi connectivity index (χ2n) is 6.26. The number of hydrogen-bond acceptors (Lipinski definition) is 4. The maximum atomic E-state index is 12.3. The van der Waals surface area contributed by atoms with Gasteiger partial charge in [-0.25, -0.2) is 13.6 Å². The summed E-state index contributed by atoms with van der Waals surface area (Å²) < 4.78 is 25.9. The molecule has 3 rings (SSSR count). The van der Waals surface area contributed by atoms with E-state index in [4.69, 9.17) is 0 Å². The molecule has 1 fully saturated rings. The topological polar surface area (TPSA) is 88.1 Å². The third kappa shape index (κ3) is 3.88. The second-order valence-corrected chi connectivity index (χ2v) is 6.26. The quantitative estimate of drug-likeness (QED) is 0.651. The van der Waals surface area contributed by atoms with Crippen LogP contribution in [0.15, 0.2) is 36.5 Å². The van der Waals surface area contributed by atoms with Crippen molar-refractivity contribution >= 4 is 11.9 Å². The summed E-state index contributed by atoms with van der Waals surface area (Å²) in [6, 6.07) is 8.50. The fourth-order valence-corrected chi connectivity index (χ4v) is 2.81. The maximum absolute atomic E-state index is 12.3. The fourth-order valence-electron chi connectivity index (χ4n) is 2.81. The highest BCUT2D eigenvalue weighted by Gasteiger charge is 2.43. The van der Waals surface area contributed by atoms with Gasteiger partial charge < -0.3 is 10.6 Å². The number of benzene rings is 1. The lowest BCUT2D eigenvalue weighted by atomic mass is 9.91. The Labute approximate surface area is 148 Å². The lowest BCUT2D eigenvalue weighted by Gasteiger charge is -2.21. The molecule has 0 aliphatic carbocycles. The Bertz CT molecular complexity index is 823. The van der Waals surface area contributed by atoms with Crippen molar-refractivity contribution < 1.29 is 18.4 Å². The van der Waals surface area contributed by atoms with Crippen molar-refractivity contribution in [2.45, 2.75) is 38.5 Å². The third-order valence-electron chi connectivity index (χ3n) is 4.21. The first-order valence-electron chi connectivity index (χ1n) is 8.11. The van der Waals surface area contributed by atoms with Crippen LogP contribution in [0.3, 0.4) is 0 Å². The minimum atomic E-state index is -2.44. The molecule has 26 heavy (non-hydrogen) atoms. The monoisotopic (exact) mass is 363 g/mol. The van der Waals surface area contributed by atoms with Gasteiger partial charge in [-0.2, -0.15) is 5.10 Å². The minimum absolute atomic E-state index is 0.392. The number of nitrogens with zero attached hydrogens (tertiary/aromatic N) is 2. The van der Waals surface area contributed by atoms with Gasteiger partial charge in [0.1, 0.15) is 12.1 Å². The van der Waals surface area contributed by atoms with Gasteiger partial charge >= 0.3 is 6.03 Å². The molecule has 1 aromatic heterocycles. The van der Waals surface area contributed by atoms with E-state index in [-0.39, 0.29) is 0 Å². The van der Waals surface area contributed by atoms with E-state index in [1.807, 2.05) is 18.2 Å². The van der Waals surface area contributed by atoms with E-state index in [0.29, 0.717) is 24.3 Å². The van der Waals surface area contributed by atoms with Gasteiger partial charge in [-0.05, 0) is 24.1 Å². The van der Waals surface area contributed by atoms with E-state index in [0.717, 1.165) is 5.56 Å². The summed E-state index contributed by atoms with van der Waals surface area (Å²) >= 11 is 0. The molecule has 2 heterocycles. The third-order valence-corrected chi connectivity index (χ3v) is 4.21. The van der Waals surface area contributed by atoms with E-state index in [9.17, 15) is 18.4 Å². The number of nitrogens with one attached hydrogen (secondary N) is 3. The standard InChI is InChI=1S/C17H19F2N5O2/c1-17(15(25)21-16(26)22-17)12-4-2-3-11(7-12)8-20-9-13-5-6-24(23-13)10-14(18)19/h2-7,14,20H,8-10H2,1H3,(H2,21,22,25,26). The van der Waals surface area contributed by atoms with Gasteiger partial charge in [0, 0.05) is 19.3 Å². The molecule has 1 unspecified atom stereocenters. The highest BCUT2D eigenvalue weighted by molar-refractivity contribution is 6.07. The highest BCUT2D eigenvalue weighted by Crippen LogP contribution is 2.25. The molecule has 9 heteroatoms. The zero-order valence-electron chi connectivity index (χ0n) is 14.1. The molecule has 0 spiro atoms. The molecule has 0 bridgehead atoms. The van der Waals surface area contributed by atoms with Gasteiger partial charge in [0.2, 0.25) is 0 Å². The summed E-state index contributed by atoms with van der Waals surface area (Å²) in [6.45, 7) is 2.15. The van der Waals surface area contributed by atoms with E-state index < -0.39 is 30.4 Å². The van der Waals surface area contributed by atoms with Crippen LogP contribution in [-0.2, 0) is 30.0 Å². The highest BCUT2D eigenvalue weighted by atomic mass is 19.3. The van der Waals surface area contributed by atoms with Crippen molar-refractivity contribution in [3.05, 3.63) is 53.3 Å². The van der Waals surface area contributed by atoms with Gasteiger partial charge in [0.25, 0.3) is 12.3 Å². The smallest absolute Gasteiger partial charge is 0.320 e. The number of alkyl halides is 2. The number of imide groups is 1. The summed E-state index contributed by atoms with van der Waals surface area (Å²) in [5, 5.41) is 12.1. The van der Waals surface area contributed by atoms with Crippen molar-refractivity contribution in [2.24, 2.45) is 0 Å². The van der Waals surface area contributed by atoms with Crippen molar-refractivity contribution in [1.82, 2.24) is 25.7 Å². The van der Waals surface area contributed by atoms with E-state index in [1.54, 1.807) is 19.1 Å². The Morgan fingerprint density at radius 3 is 2.77 bits per heavy atom. The SMILES string of the molecule is CC1(c2cccc(CNCc3ccn(CC(F)F)n3)c2)NC(=O)NC1=O. The average molecular weight is 363 g/mol. The Kier molecular flexibility index (Phi) is 4.99. The molecule has 2 aromatic rings. The summed E-state index contributed by atoms with van der Waals surface area (Å²) in [4.78, 5) is 23.4. The maximum Gasteiger partial charge on any atom is 0.322 e. The first-order chi connectivity index (χ1) is 12.4. The van der Waals surface area contributed by atoms with E-state index in [1.165, 1.54) is 10.9 Å². The molecule has 3 amide bonds. The lowest BCUT2D eigenvalue weighted by Crippen LogP contribution is -2.40. The van der Waals surface area contributed by atoms with Gasteiger partial charge in [0.15, 0.2) is 0 Å². The van der Waals surface area contributed by atoms with Crippen LogP contribution >= 0.6 is 0 Å². The van der Waals surface area contributed by atoms with Gasteiger partial charge in [-0.1, -0.05) is 24.3 Å². The first kappa shape index (κ1) is 18.0. The molecule has 1 aliphatic rings. The molecule has 1 aliphatic heterocycles. The van der Waals surface area contributed by atoms with Crippen LogP contribution in [0.4, 0.5) is 13.6 Å². The summed E-state index contributed by atoms with van der Waals surface area (Å²) in [6.07, 6.45) is -0.917. The van der Waals surface area contributed by atoms with Crippen LogP contribution < -0.4 is 16.0 Å². The van der Waals surface area contributed by atoms with Crippen molar-refractivity contribution in [3.8, 4) is 0 Å². The molecule has 3 N–H and O–H groups in total. The fraction of sp³-hybridized carbons (Fsp3) is 0.353. The Morgan fingerprint density at radius 1 is 1.27 bits per heavy atom. The number of carbonyl (C=O) groups is 2. The molecule has 0 saturated carbocycles. The zero-order chi connectivity index (χ0) is 18.7. The average Bonchev–Trinajstić information content (AvgIpc) is 3.11. The number of carbonyl (C=O) groups excluding carboxylic acids is 2. The minimum Gasteiger partial charge on any atom is -0.320 e. The molecule has 0 radical (unpaired) electrons. The number of rotatable bonds is 7. The van der Waals surface area contributed by atoms with Gasteiger partial charge in [0.05, 0.1) is 5.69 Å². The zero-order valence-corrected chi connectivity index (χ0v) is 14.1. The number of amides is 3. The second kappa shape index (κ2) is 7.20. The van der Waals surface area contributed by atoms with E-state index >= 15 is 0 Å². The summed E-state index contributed by atoms with van der Waals surface area (Å²) in [7, 11) is 0. The Morgan fingerprint density at radius 2 is 2.08 bits per heavy atom. The van der Waals surface area contributed by atoms with Crippen LogP contribution in [0.5, 0.6) is 0 Å². The molecular weight excluding hydrogens is 344 g/mol. The van der Waals surface area contributed by atoms with Gasteiger partial charge in [-0.15, -0.1) is 0 Å². The molecule has 1 aromatic carbocycles. The Balaban J connectivity index is 1.60. The summed E-state index contributed by atoms with van der Waals surface area (Å²) in [5.74, 6) is -0.392. The normalized spacial score (nSPS) is 19.7. The Hall–Kier alpha value is -2.81. The van der Waals surface area contributed by atoms with E-state index in [2.05, 4.69) is 21.0 Å². The summed E-state index contributed by atoms with van der Waals surface area (Å²) in [5.41, 5.74) is 1.17. The van der Waals surface area contributed by atoms with Crippen LogP contribution in [0.25, 0.3) is 0 Å². The predicted octanol–water partition coefficient (Wildman–Crippen LogP) is 1.49. The molecule has 7 nitrogen and oxygen atoms in total. The van der Waals surface area contributed by atoms with Crippen LogP contribution in [0.1, 0.15) is 23.7 Å². The number of urea groups is 1. The van der Waals surface area contributed by atoms with Crippen LogP contribution in [0, 0.1) is 0 Å². The molecule has 1 saturated heterocycles. The molecular formula is C17H19F2N5O2. The molecule has 1 atom stereocenters. The van der Waals surface area contributed by atoms with Gasteiger partial charge in [-0.3, -0.25) is 14.8 Å². The lowest BCUT2D eigenvalue weighted by molar-refractivity contribution is -0.123. The van der Waals surface area contributed by atoms with Crippen molar-refractivity contribution in [1.29, 1.82) is 0 Å². The van der Waals surface area contributed by atoms with Crippen LogP contribution in [0.2, 0.25) is 0 Å². The largest absolute Gasteiger partial charge is 0.322 e. The first-order valence-corrected chi connectivity index (χ1v) is 8.11. The van der Waals surface area contributed by atoms with Crippen molar-refractivity contribution in [3.63, 3.8) is 0 Å².